The first-order valence-corrected chi connectivity index (χ1v) is 22.3. The van der Waals surface area contributed by atoms with Gasteiger partial charge in [-0.2, -0.15) is 0 Å². The molecule has 2 aromatic heterocycles. The Labute approximate surface area is 370 Å². The lowest BCUT2D eigenvalue weighted by Gasteiger charge is -2.19. The average Bonchev–Trinajstić information content (AvgIpc) is 3.97. The maximum atomic E-state index is 13.6. The summed E-state index contributed by atoms with van der Waals surface area (Å²) in [6.07, 6.45) is 3.66. The molecule has 0 aliphatic carbocycles. The van der Waals surface area contributed by atoms with Gasteiger partial charge >= 0.3 is 7.60 Å². The van der Waals surface area contributed by atoms with Crippen molar-refractivity contribution in [2.45, 2.75) is 38.9 Å². The van der Waals surface area contributed by atoms with Crippen LogP contribution < -0.4 is 31.2 Å². The molecule has 2 saturated heterocycles. The molecule has 0 radical (unpaired) electrons. The summed E-state index contributed by atoms with van der Waals surface area (Å²) in [7, 11) is -3.62. The Morgan fingerprint density at radius 3 is 1.76 bits per heavy atom. The van der Waals surface area contributed by atoms with E-state index in [4.69, 9.17) is 56.9 Å². The summed E-state index contributed by atoms with van der Waals surface area (Å²) >= 11 is 11.7. The highest BCUT2D eigenvalue weighted by Crippen LogP contribution is 2.48. The van der Waals surface area contributed by atoms with E-state index >= 15 is 0 Å². The molecule has 1 amide bonds. The summed E-state index contributed by atoms with van der Waals surface area (Å²) in [6, 6.07) is 15.4. The van der Waals surface area contributed by atoms with E-state index in [9.17, 15) is 18.1 Å². The molecule has 8 rings (SSSR count). The highest BCUT2D eigenvalue weighted by atomic mass is 35.5. The fraction of sp³-hybridized carbons (Fsp3) is 0.310. The van der Waals surface area contributed by atoms with Crippen LogP contribution >= 0.6 is 30.8 Å². The lowest BCUT2D eigenvalue weighted by Crippen LogP contribution is -2.21. The summed E-state index contributed by atoms with van der Waals surface area (Å²) in [5.74, 6) is 0.281. The molecule has 2 aliphatic rings. The SMILES string of the molecule is CCOP(=O)(CC(=O)Nc1cc2c(Nc3ccc(F)c(Cl)c3)ncnc2cc1OC1CCOC1)OCC.Nc1cc2c(Nc3ccc(F)c(Cl)c3)ncnc2cc1OC1CCOC1. The van der Waals surface area contributed by atoms with Gasteiger partial charge in [0.1, 0.15) is 65.8 Å². The quantitative estimate of drug-likeness (QED) is 0.0560. The number of hydrogen-bond acceptors (Lipinski definition) is 15. The smallest absolute Gasteiger partial charge is 0.340 e. The van der Waals surface area contributed by atoms with Crippen molar-refractivity contribution in [1.29, 1.82) is 0 Å². The molecular weight excluding hydrogens is 884 g/mol. The molecule has 0 bridgehead atoms. The second-order valence-corrected chi connectivity index (χ2v) is 17.0. The number of amides is 1. The zero-order chi connectivity index (χ0) is 44.5. The third-order valence-electron chi connectivity index (χ3n) is 9.49. The van der Waals surface area contributed by atoms with E-state index in [1.54, 1.807) is 44.2 Å². The van der Waals surface area contributed by atoms with E-state index in [1.807, 2.05) is 0 Å². The number of rotatable bonds is 15. The van der Waals surface area contributed by atoms with Crippen LogP contribution in [-0.4, -0.2) is 83.9 Å². The van der Waals surface area contributed by atoms with E-state index in [0.717, 1.165) is 11.8 Å². The van der Waals surface area contributed by atoms with E-state index in [-0.39, 0.29) is 35.5 Å². The molecule has 6 aromatic rings. The molecular formula is C42H43Cl2F2N8O8P. The van der Waals surface area contributed by atoms with Crippen molar-refractivity contribution in [3.05, 3.63) is 95.0 Å². The molecule has 16 nitrogen and oxygen atoms in total. The number of fused-ring (bicyclic) bond motifs is 2. The Morgan fingerprint density at radius 2 is 1.27 bits per heavy atom. The van der Waals surface area contributed by atoms with Gasteiger partial charge in [-0.3, -0.25) is 9.36 Å². The van der Waals surface area contributed by atoms with Gasteiger partial charge in [-0.25, -0.2) is 28.7 Å². The van der Waals surface area contributed by atoms with Crippen LogP contribution in [0.3, 0.4) is 0 Å². The topological polar surface area (TPSA) is 203 Å². The van der Waals surface area contributed by atoms with E-state index in [0.29, 0.717) is 95.2 Å². The van der Waals surface area contributed by atoms with Crippen molar-refractivity contribution in [2.75, 3.05) is 67.5 Å². The van der Waals surface area contributed by atoms with Crippen molar-refractivity contribution in [3.63, 3.8) is 0 Å². The number of nitrogens with zero attached hydrogens (tertiary/aromatic N) is 4. The number of ether oxygens (including phenoxy) is 4. The van der Waals surface area contributed by atoms with E-state index in [1.165, 1.54) is 43.0 Å². The lowest BCUT2D eigenvalue weighted by atomic mass is 10.1. The van der Waals surface area contributed by atoms with Gasteiger partial charge in [-0.1, -0.05) is 23.2 Å². The second-order valence-electron chi connectivity index (χ2n) is 14.1. The fourth-order valence-electron chi connectivity index (χ4n) is 6.56. The van der Waals surface area contributed by atoms with Crippen LogP contribution in [-0.2, 0) is 27.9 Å². The first-order valence-electron chi connectivity index (χ1n) is 19.8. The van der Waals surface area contributed by atoms with Crippen LogP contribution in [0, 0.1) is 11.6 Å². The van der Waals surface area contributed by atoms with Gasteiger partial charge in [0.15, 0.2) is 0 Å². The maximum absolute atomic E-state index is 13.6. The minimum Gasteiger partial charge on any atom is -0.486 e. The molecule has 0 spiro atoms. The minimum atomic E-state index is -3.62. The van der Waals surface area contributed by atoms with Gasteiger partial charge < -0.3 is 49.7 Å². The molecule has 0 saturated carbocycles. The number of nitrogens with one attached hydrogen (secondary N) is 3. The third-order valence-corrected chi connectivity index (χ3v) is 12.1. The minimum absolute atomic E-state index is 0.00413. The number of nitrogen functional groups attached to an aromatic ring is 1. The summed E-state index contributed by atoms with van der Waals surface area (Å²) < 4.78 is 73.1. The first-order chi connectivity index (χ1) is 30.4. The Bertz CT molecular complexity index is 2630. The number of nitrogens with two attached hydrogens (primary N) is 1. The predicted octanol–water partition coefficient (Wildman–Crippen LogP) is 9.45. The Balaban J connectivity index is 0.000000200. The largest absolute Gasteiger partial charge is 0.486 e. The summed E-state index contributed by atoms with van der Waals surface area (Å²) in [4.78, 5) is 30.1. The molecule has 63 heavy (non-hydrogen) atoms. The number of anilines is 6. The van der Waals surface area contributed by atoms with Crippen molar-refractivity contribution in [3.8, 4) is 11.5 Å². The Morgan fingerprint density at radius 1 is 0.762 bits per heavy atom. The van der Waals surface area contributed by atoms with Gasteiger partial charge in [0.05, 0.1) is 72.1 Å². The zero-order valence-corrected chi connectivity index (χ0v) is 36.4. The molecule has 2 aliphatic heterocycles. The molecule has 2 unspecified atom stereocenters. The molecule has 21 heteroatoms. The number of carbonyl (C=O) groups is 1. The predicted molar refractivity (Wildman–Crippen MR) is 237 cm³/mol. The fourth-order valence-corrected chi connectivity index (χ4v) is 8.40. The average molecular weight is 928 g/mol. The van der Waals surface area contributed by atoms with Crippen molar-refractivity contribution in [1.82, 2.24) is 19.9 Å². The van der Waals surface area contributed by atoms with E-state index < -0.39 is 31.3 Å². The van der Waals surface area contributed by atoms with Crippen molar-refractivity contribution < 1.29 is 46.1 Å². The van der Waals surface area contributed by atoms with Gasteiger partial charge in [-0.05, 0) is 62.4 Å². The summed E-state index contributed by atoms with van der Waals surface area (Å²) in [5, 5.41) is 10.2. The molecule has 4 heterocycles. The van der Waals surface area contributed by atoms with Gasteiger partial charge in [0.25, 0.3) is 0 Å². The van der Waals surface area contributed by atoms with Gasteiger partial charge in [0.2, 0.25) is 5.91 Å². The van der Waals surface area contributed by atoms with Crippen LogP contribution in [0.4, 0.5) is 43.2 Å². The lowest BCUT2D eigenvalue weighted by molar-refractivity contribution is -0.114. The number of halogens is 4. The molecule has 2 fully saturated rings. The number of benzene rings is 4. The van der Waals surface area contributed by atoms with Crippen LogP contribution in [0.5, 0.6) is 11.5 Å². The standard InChI is InChI=1S/C24H27ClFN4O6P.C18H16ClFN4O2/c1-3-34-37(32,35-4-2)13-23(31)30-21-10-17-20(11-22(21)36-16-7-8-33-12-16)27-14-28-24(17)29-15-5-6-19(26)18(25)9-15;19-13-5-10(1-2-14(13)20)24-18-12-6-15(21)17(7-16(12)22-9-23-18)26-11-3-4-25-8-11/h5-6,9-11,14,16H,3-4,7-8,12-13H2,1-2H3,(H,30,31)(H,27,28,29);1-2,5-7,9,11H,3-4,8,21H2,(H,22,23,24). The van der Waals surface area contributed by atoms with Gasteiger partial charge in [-0.15, -0.1) is 0 Å². The van der Waals surface area contributed by atoms with Crippen molar-refractivity contribution >= 4 is 92.9 Å². The number of aromatic nitrogens is 4. The molecule has 4 aromatic carbocycles. The Hall–Kier alpha value is -5.46. The van der Waals surface area contributed by atoms with Crippen LogP contribution in [0.2, 0.25) is 10.0 Å². The molecule has 5 N–H and O–H groups in total. The zero-order valence-electron chi connectivity index (χ0n) is 34.0. The van der Waals surface area contributed by atoms with Crippen LogP contribution in [0.25, 0.3) is 21.8 Å². The monoisotopic (exact) mass is 926 g/mol. The van der Waals surface area contributed by atoms with E-state index in [2.05, 4.69) is 35.9 Å². The number of carbonyl (C=O) groups excluding carboxylic acids is 1. The Kier molecular flexibility index (Phi) is 15.1. The highest BCUT2D eigenvalue weighted by Gasteiger charge is 2.29. The highest BCUT2D eigenvalue weighted by molar-refractivity contribution is 7.54. The summed E-state index contributed by atoms with van der Waals surface area (Å²) in [6.45, 7) is 5.84. The molecule has 332 valence electrons. The summed E-state index contributed by atoms with van der Waals surface area (Å²) in [5.41, 5.74) is 9.29. The normalized spacial score (nSPS) is 16.1. The van der Waals surface area contributed by atoms with Gasteiger partial charge in [0, 0.05) is 47.1 Å². The van der Waals surface area contributed by atoms with Crippen LogP contribution in [0.15, 0.2) is 73.3 Å². The maximum Gasteiger partial charge on any atom is 0.340 e. The van der Waals surface area contributed by atoms with Crippen LogP contribution in [0.1, 0.15) is 26.7 Å². The van der Waals surface area contributed by atoms with Crippen molar-refractivity contribution in [2.24, 2.45) is 0 Å². The first kappa shape index (κ1) is 45.6. The number of hydrogen-bond donors (Lipinski definition) is 4. The second kappa shape index (κ2) is 20.8. The third kappa shape index (κ3) is 11.8. The molecule has 2 atom stereocenters.